The van der Waals surface area contributed by atoms with E-state index in [2.05, 4.69) is 4.99 Å². The number of nitrogens with zero attached hydrogens (tertiary/aromatic N) is 1. The van der Waals surface area contributed by atoms with E-state index in [9.17, 15) is 8.42 Å². The number of hydrogen-bond donors (Lipinski definition) is 0. The molecule has 0 unspecified atom stereocenters. The Kier molecular flexibility index (Phi) is 5.85. The molecular weight excluding hydrogens is 405 g/mol. The molecule has 3 aromatic carbocycles. The first-order valence-corrected chi connectivity index (χ1v) is 10.1. The van der Waals surface area contributed by atoms with Crippen LogP contribution in [0.25, 0.3) is 0 Å². The fraction of sp³-hybridized carbons (Fsp3) is 0.0500. The van der Waals surface area contributed by atoms with Gasteiger partial charge in [0.2, 0.25) is 0 Å². The molecule has 0 N–H and O–H groups in total. The molecular formula is C20H15Cl2NO3S. The van der Waals surface area contributed by atoms with Gasteiger partial charge in [0.15, 0.2) is 5.75 Å². The van der Waals surface area contributed by atoms with Crippen molar-refractivity contribution >= 4 is 45.2 Å². The minimum absolute atomic E-state index is 0.0159. The minimum Gasteiger partial charge on any atom is -0.376 e. The van der Waals surface area contributed by atoms with Crippen molar-refractivity contribution in [2.45, 2.75) is 11.8 Å². The lowest BCUT2D eigenvalue weighted by Crippen LogP contribution is -2.10. The summed E-state index contributed by atoms with van der Waals surface area (Å²) in [5.41, 5.74) is 2.54. The molecule has 27 heavy (non-hydrogen) atoms. The molecule has 0 spiro atoms. The predicted molar refractivity (Wildman–Crippen MR) is 109 cm³/mol. The molecule has 3 rings (SSSR count). The van der Waals surface area contributed by atoms with Gasteiger partial charge in [0.1, 0.15) is 4.90 Å². The van der Waals surface area contributed by atoms with Crippen LogP contribution in [-0.2, 0) is 10.1 Å². The molecule has 3 aromatic rings. The summed E-state index contributed by atoms with van der Waals surface area (Å²) in [6.45, 7) is 2.00. The smallest absolute Gasteiger partial charge is 0.339 e. The third-order valence-electron chi connectivity index (χ3n) is 3.64. The number of benzene rings is 3. The fourth-order valence-electron chi connectivity index (χ4n) is 2.26. The van der Waals surface area contributed by atoms with Crippen molar-refractivity contribution in [3.05, 3.63) is 87.9 Å². The number of hydrogen-bond acceptors (Lipinski definition) is 4. The Bertz CT molecular complexity index is 1060. The first-order valence-electron chi connectivity index (χ1n) is 7.94. The molecule has 138 valence electrons. The number of aryl methyl sites for hydroxylation is 1. The summed E-state index contributed by atoms with van der Waals surface area (Å²) in [6, 6.07) is 18.5. The van der Waals surface area contributed by atoms with Crippen LogP contribution in [0.3, 0.4) is 0 Å². The quantitative estimate of drug-likeness (QED) is 0.386. The van der Waals surface area contributed by atoms with E-state index in [0.717, 1.165) is 11.3 Å². The number of halogens is 2. The largest absolute Gasteiger partial charge is 0.376 e. The predicted octanol–water partition coefficient (Wildman–Crippen LogP) is 5.82. The second kappa shape index (κ2) is 8.13. The zero-order valence-corrected chi connectivity index (χ0v) is 16.6. The molecule has 0 saturated heterocycles. The summed E-state index contributed by atoms with van der Waals surface area (Å²) in [6.07, 6.45) is 1.60. The van der Waals surface area contributed by atoms with Gasteiger partial charge >= 0.3 is 10.1 Å². The van der Waals surface area contributed by atoms with Gasteiger partial charge in [-0.2, -0.15) is 8.42 Å². The highest BCUT2D eigenvalue weighted by molar-refractivity contribution is 7.87. The van der Waals surface area contributed by atoms with Crippen LogP contribution >= 0.6 is 23.2 Å². The normalized spacial score (nSPS) is 11.7. The highest BCUT2D eigenvalue weighted by Crippen LogP contribution is 2.36. The van der Waals surface area contributed by atoms with E-state index < -0.39 is 10.1 Å². The Balaban J connectivity index is 1.86. The van der Waals surface area contributed by atoms with Crippen molar-refractivity contribution < 1.29 is 12.6 Å². The molecule has 0 aliphatic heterocycles. The van der Waals surface area contributed by atoms with Crippen molar-refractivity contribution in [2.75, 3.05) is 0 Å². The molecule has 0 aliphatic rings. The van der Waals surface area contributed by atoms with Crippen LogP contribution in [-0.4, -0.2) is 14.6 Å². The van der Waals surface area contributed by atoms with Gasteiger partial charge in [-0.25, -0.2) is 0 Å². The number of rotatable bonds is 5. The van der Waals surface area contributed by atoms with Crippen LogP contribution in [0.5, 0.6) is 5.75 Å². The lowest BCUT2D eigenvalue weighted by Gasteiger charge is -2.11. The summed E-state index contributed by atoms with van der Waals surface area (Å²) in [7, 11) is -4.03. The van der Waals surface area contributed by atoms with Crippen molar-refractivity contribution in [1.82, 2.24) is 0 Å². The first kappa shape index (κ1) is 19.4. The van der Waals surface area contributed by atoms with Crippen LogP contribution in [0, 0.1) is 6.92 Å². The average Bonchev–Trinajstić information content (AvgIpc) is 2.65. The van der Waals surface area contributed by atoms with Crippen molar-refractivity contribution in [3.8, 4) is 5.75 Å². The molecule has 0 amide bonds. The molecule has 0 saturated carbocycles. The second-order valence-corrected chi connectivity index (χ2v) is 8.12. The number of aliphatic imine (C=N–C) groups is 1. The molecule has 4 nitrogen and oxygen atoms in total. The van der Waals surface area contributed by atoms with Crippen LogP contribution in [0.2, 0.25) is 10.0 Å². The molecule has 0 aliphatic carbocycles. The Morgan fingerprint density at radius 3 is 2.11 bits per heavy atom. The van der Waals surface area contributed by atoms with E-state index >= 15 is 0 Å². The van der Waals surface area contributed by atoms with Gasteiger partial charge < -0.3 is 4.18 Å². The minimum atomic E-state index is -4.03. The zero-order valence-electron chi connectivity index (χ0n) is 14.3. The Labute approximate surface area is 168 Å². The van der Waals surface area contributed by atoms with Crippen molar-refractivity contribution in [3.63, 3.8) is 0 Å². The third kappa shape index (κ3) is 4.89. The second-order valence-electron chi connectivity index (χ2n) is 5.76. The molecule has 7 heteroatoms. The lowest BCUT2D eigenvalue weighted by atomic mass is 10.2. The fourth-order valence-corrected chi connectivity index (χ4v) is 3.92. The van der Waals surface area contributed by atoms with Crippen LogP contribution in [0.15, 0.2) is 76.6 Å². The molecule has 0 radical (unpaired) electrons. The summed E-state index contributed by atoms with van der Waals surface area (Å²) in [5, 5.41) is 0.153. The Hall–Kier alpha value is -2.34. The van der Waals surface area contributed by atoms with E-state index in [-0.39, 0.29) is 20.7 Å². The highest BCUT2D eigenvalue weighted by atomic mass is 35.5. The Morgan fingerprint density at radius 1 is 0.926 bits per heavy atom. The van der Waals surface area contributed by atoms with Crippen LogP contribution in [0.4, 0.5) is 5.69 Å². The third-order valence-corrected chi connectivity index (χ3v) is 5.44. The topological polar surface area (TPSA) is 55.7 Å². The van der Waals surface area contributed by atoms with Gasteiger partial charge in [0.05, 0.1) is 15.7 Å². The SMILES string of the molecule is Cc1ccc(N=Cc2cc(Cl)c(OS(=O)(=O)c3ccccc3)c(Cl)c2)cc1. The summed E-state index contributed by atoms with van der Waals surface area (Å²) >= 11 is 12.4. The van der Waals surface area contributed by atoms with Gasteiger partial charge in [-0.15, -0.1) is 0 Å². The first-order chi connectivity index (χ1) is 12.8. The van der Waals surface area contributed by atoms with Crippen LogP contribution < -0.4 is 4.18 Å². The van der Waals surface area contributed by atoms with Crippen LogP contribution in [0.1, 0.15) is 11.1 Å². The van der Waals surface area contributed by atoms with Crippen molar-refractivity contribution in [2.24, 2.45) is 4.99 Å². The standard InChI is InChI=1S/C20H15Cl2NO3S/c1-14-7-9-16(10-8-14)23-13-15-11-18(21)20(19(22)12-15)26-27(24,25)17-5-3-2-4-6-17/h2-13H,1H3. The van der Waals surface area contributed by atoms with E-state index in [0.29, 0.717) is 5.56 Å². The maximum atomic E-state index is 12.4. The van der Waals surface area contributed by atoms with Crippen molar-refractivity contribution in [1.29, 1.82) is 0 Å². The van der Waals surface area contributed by atoms with Gasteiger partial charge in [-0.3, -0.25) is 4.99 Å². The van der Waals surface area contributed by atoms with Gasteiger partial charge in [-0.05, 0) is 48.9 Å². The average molecular weight is 420 g/mol. The monoisotopic (exact) mass is 419 g/mol. The maximum Gasteiger partial charge on any atom is 0.339 e. The van der Waals surface area contributed by atoms with E-state index in [1.165, 1.54) is 12.1 Å². The van der Waals surface area contributed by atoms with Gasteiger partial charge in [0.25, 0.3) is 0 Å². The Morgan fingerprint density at radius 2 is 1.52 bits per heavy atom. The van der Waals surface area contributed by atoms with E-state index in [1.807, 2.05) is 31.2 Å². The summed E-state index contributed by atoms with van der Waals surface area (Å²) < 4.78 is 29.9. The van der Waals surface area contributed by atoms with Gasteiger partial charge in [0, 0.05) is 6.21 Å². The highest BCUT2D eigenvalue weighted by Gasteiger charge is 2.20. The van der Waals surface area contributed by atoms with E-state index in [4.69, 9.17) is 27.4 Å². The molecule has 0 heterocycles. The zero-order chi connectivity index (χ0) is 19.4. The van der Waals surface area contributed by atoms with E-state index in [1.54, 1.807) is 36.5 Å². The molecule has 0 atom stereocenters. The summed E-state index contributed by atoms with van der Waals surface area (Å²) in [4.78, 5) is 4.37. The lowest BCUT2D eigenvalue weighted by molar-refractivity contribution is 0.486. The van der Waals surface area contributed by atoms with Gasteiger partial charge in [-0.1, -0.05) is 59.1 Å². The maximum absolute atomic E-state index is 12.4. The molecule has 0 aromatic heterocycles. The molecule has 0 bridgehead atoms. The summed E-state index contributed by atoms with van der Waals surface area (Å²) in [5.74, 6) is -0.116. The molecule has 0 fully saturated rings.